The highest BCUT2D eigenvalue weighted by atomic mass is 31.1. The van der Waals surface area contributed by atoms with Crippen LogP contribution in [0.2, 0.25) is 0 Å². The van der Waals surface area contributed by atoms with Crippen molar-refractivity contribution in [3.63, 3.8) is 0 Å². The summed E-state index contributed by atoms with van der Waals surface area (Å²) in [6, 6.07) is 0. The third kappa shape index (κ3) is 3.36. The largest absolute Gasteiger partial charge is 0.462 e. The van der Waals surface area contributed by atoms with Crippen molar-refractivity contribution in [3.8, 4) is 0 Å². The second-order valence-corrected chi connectivity index (χ2v) is 3.12. The van der Waals surface area contributed by atoms with Crippen molar-refractivity contribution < 1.29 is 39.5 Å². The minimum absolute atomic E-state index is 2.76. The summed E-state index contributed by atoms with van der Waals surface area (Å²) in [7, 11) is -2.76. The van der Waals surface area contributed by atoms with E-state index in [2.05, 4.69) is 0 Å². The quantitative estimate of drug-likeness (QED) is 0.491. The van der Waals surface area contributed by atoms with Gasteiger partial charge in [-0.3, -0.25) is 0 Å². The lowest BCUT2D eigenvalue weighted by molar-refractivity contribution is -0.238. The Labute approximate surface area is 72.5 Å². The Morgan fingerprint density at radius 1 is 0.786 bits per heavy atom. The van der Waals surface area contributed by atoms with Crippen LogP contribution in [-0.4, -0.2) is 23.6 Å². The predicted molar refractivity (Wildman–Crippen MR) is 30.1 cm³/mol. The number of hydrogen-bond acceptors (Lipinski definition) is 0. The van der Waals surface area contributed by atoms with Gasteiger partial charge in [-0.25, -0.2) is 0 Å². The monoisotopic (exact) mass is 250 g/mol. The van der Waals surface area contributed by atoms with Gasteiger partial charge in [0.15, 0.2) is 0 Å². The van der Waals surface area contributed by atoms with Crippen LogP contribution in [0.3, 0.4) is 0 Å². The molecule has 0 fully saturated rings. The van der Waals surface area contributed by atoms with Crippen LogP contribution in [0.15, 0.2) is 0 Å². The minimum atomic E-state index is -6.21. The van der Waals surface area contributed by atoms with E-state index in [1.54, 1.807) is 0 Å². The van der Waals surface area contributed by atoms with Crippen LogP contribution >= 0.6 is 8.20 Å². The van der Waals surface area contributed by atoms with Crippen molar-refractivity contribution in [1.29, 1.82) is 0 Å². The molecule has 0 saturated carbocycles. The maximum atomic E-state index is 11.8. The highest BCUT2D eigenvalue weighted by Crippen LogP contribution is 2.46. The summed E-state index contributed by atoms with van der Waals surface area (Å²) in [5, 5.41) is 0. The van der Waals surface area contributed by atoms with E-state index in [9.17, 15) is 39.5 Å². The first-order valence-corrected chi connectivity index (χ1v) is 3.54. The Bertz CT molecular complexity index is 232. The minimum Gasteiger partial charge on any atom is -0.197 e. The topological polar surface area (TPSA) is 0 Å². The third-order valence-electron chi connectivity index (χ3n) is 0.814. The van der Waals surface area contributed by atoms with Crippen LogP contribution in [0.1, 0.15) is 0 Å². The first-order chi connectivity index (χ1) is 5.88. The molecule has 0 heterocycles. The first kappa shape index (κ1) is 13.5. The molecule has 0 spiro atoms. The molecule has 0 aromatic heterocycles. The molecule has 0 amide bonds. The SMILES string of the molecule is FC(=PC(F)(F)C(F)(F)F)C(F)(F)F. The molecule has 0 aliphatic rings. The van der Waals surface area contributed by atoms with E-state index in [1.807, 2.05) is 0 Å². The fourth-order valence-corrected chi connectivity index (χ4v) is 0.750. The van der Waals surface area contributed by atoms with Crippen molar-refractivity contribution >= 4 is 13.8 Å². The molecule has 0 aromatic rings. The summed E-state index contributed by atoms with van der Waals surface area (Å²) in [5.41, 5.74) is -9.13. The van der Waals surface area contributed by atoms with Crippen LogP contribution in [0.5, 0.6) is 0 Å². The fourth-order valence-electron chi connectivity index (χ4n) is 0.250. The van der Waals surface area contributed by atoms with Gasteiger partial charge in [0.2, 0.25) is 5.55 Å². The Kier molecular flexibility index (Phi) is 3.48. The Morgan fingerprint density at radius 3 is 1.36 bits per heavy atom. The molecule has 84 valence electrons. The lowest BCUT2D eigenvalue weighted by atomic mass is 10.7. The summed E-state index contributed by atoms with van der Waals surface area (Å²) < 4.78 is 103. The molecule has 0 aliphatic carbocycles. The second kappa shape index (κ2) is 3.60. The van der Waals surface area contributed by atoms with Crippen molar-refractivity contribution in [3.05, 3.63) is 0 Å². The molecule has 0 bridgehead atoms. The molecular weight excluding hydrogens is 250 g/mol. The molecule has 0 saturated heterocycles. The molecule has 0 N–H and O–H groups in total. The van der Waals surface area contributed by atoms with Gasteiger partial charge in [-0.1, -0.05) is 0 Å². The van der Waals surface area contributed by atoms with E-state index in [0.717, 1.165) is 0 Å². The van der Waals surface area contributed by atoms with Crippen LogP contribution < -0.4 is 0 Å². The van der Waals surface area contributed by atoms with E-state index in [-0.39, 0.29) is 0 Å². The summed E-state index contributed by atoms with van der Waals surface area (Å²) in [4.78, 5) is 0. The highest BCUT2D eigenvalue weighted by molar-refractivity contribution is 7.41. The van der Waals surface area contributed by atoms with E-state index >= 15 is 0 Å². The van der Waals surface area contributed by atoms with Gasteiger partial charge < -0.3 is 0 Å². The molecule has 14 heavy (non-hydrogen) atoms. The van der Waals surface area contributed by atoms with Gasteiger partial charge in [0.05, 0.1) is 0 Å². The van der Waals surface area contributed by atoms with Crippen LogP contribution in [0.4, 0.5) is 39.5 Å². The van der Waals surface area contributed by atoms with Gasteiger partial charge in [-0.05, 0) is 0 Å². The standard InChI is InChI=1S/C4F9P/c5-1(2(6,7)8)14-4(12,13)3(9,10)11. The zero-order valence-corrected chi connectivity index (χ0v) is 6.74. The van der Waals surface area contributed by atoms with E-state index in [4.69, 9.17) is 0 Å². The first-order valence-electron chi connectivity index (χ1n) is 2.65. The second-order valence-electron chi connectivity index (χ2n) is 1.94. The van der Waals surface area contributed by atoms with Gasteiger partial charge in [-0.2, -0.15) is 39.5 Å². The molecule has 0 rings (SSSR count). The van der Waals surface area contributed by atoms with Crippen LogP contribution in [-0.2, 0) is 0 Å². The van der Waals surface area contributed by atoms with Gasteiger partial charge in [0, 0.05) is 8.20 Å². The zero-order valence-electron chi connectivity index (χ0n) is 5.85. The molecule has 10 heteroatoms. The van der Waals surface area contributed by atoms with Gasteiger partial charge in [0.1, 0.15) is 0 Å². The fraction of sp³-hybridized carbons (Fsp3) is 0.750. The smallest absolute Gasteiger partial charge is 0.197 e. The zero-order chi connectivity index (χ0) is 11.8. The maximum absolute atomic E-state index is 11.8. The predicted octanol–water partition coefficient (Wildman–Crippen LogP) is 3.75. The lowest BCUT2D eigenvalue weighted by Crippen LogP contribution is -2.32. The average Bonchev–Trinajstić information content (AvgIpc) is 1.80. The lowest BCUT2D eigenvalue weighted by Gasteiger charge is -2.15. The van der Waals surface area contributed by atoms with Gasteiger partial charge in [0.25, 0.3) is 0 Å². The summed E-state index contributed by atoms with van der Waals surface area (Å²) in [6.45, 7) is 0. The number of rotatable bonds is 1. The molecule has 0 aliphatic heterocycles. The number of halogens is 9. The molecule has 0 aromatic carbocycles. The van der Waals surface area contributed by atoms with Crippen LogP contribution in [0, 0.1) is 0 Å². The van der Waals surface area contributed by atoms with E-state index < -0.39 is 31.8 Å². The normalized spacial score (nSPS) is 15.9. The van der Waals surface area contributed by atoms with E-state index in [0.29, 0.717) is 0 Å². The average molecular weight is 250 g/mol. The molecule has 0 unspecified atom stereocenters. The Hall–Kier alpha value is -0.460. The molecule has 0 atom stereocenters. The highest BCUT2D eigenvalue weighted by Gasteiger charge is 2.58. The summed E-state index contributed by atoms with van der Waals surface area (Å²) in [5.74, 6) is 0. The number of hydrogen-bond donors (Lipinski definition) is 0. The molecule has 0 radical (unpaired) electrons. The van der Waals surface area contributed by atoms with Crippen molar-refractivity contribution in [1.82, 2.24) is 0 Å². The van der Waals surface area contributed by atoms with Crippen molar-refractivity contribution in [2.24, 2.45) is 0 Å². The molecular formula is C4F9P. The van der Waals surface area contributed by atoms with Gasteiger partial charge >= 0.3 is 18.0 Å². The van der Waals surface area contributed by atoms with Crippen LogP contribution in [0.25, 0.3) is 0 Å². The Balaban J connectivity index is 5.00. The Morgan fingerprint density at radius 2 is 1.14 bits per heavy atom. The third-order valence-corrected chi connectivity index (χ3v) is 1.80. The summed E-state index contributed by atoms with van der Waals surface area (Å²) in [6.07, 6.45) is -12.0. The summed E-state index contributed by atoms with van der Waals surface area (Å²) >= 11 is 0. The van der Waals surface area contributed by atoms with Crippen molar-refractivity contribution in [2.45, 2.75) is 18.0 Å². The number of alkyl halides is 8. The van der Waals surface area contributed by atoms with E-state index in [1.165, 1.54) is 0 Å². The molecule has 0 nitrogen and oxygen atoms in total. The maximum Gasteiger partial charge on any atom is 0.462 e. The van der Waals surface area contributed by atoms with Crippen molar-refractivity contribution in [2.75, 3.05) is 0 Å². The van der Waals surface area contributed by atoms with Gasteiger partial charge in [-0.15, -0.1) is 0 Å².